The normalized spacial score (nSPS) is 23.1. The van der Waals surface area contributed by atoms with Crippen LogP contribution in [0.2, 0.25) is 0 Å². The highest BCUT2D eigenvalue weighted by Crippen LogP contribution is 2.28. The van der Waals surface area contributed by atoms with E-state index < -0.39 is 54.3 Å². The van der Waals surface area contributed by atoms with Crippen LogP contribution in [0, 0.1) is 0 Å². The molecule has 1 saturated heterocycles. The van der Waals surface area contributed by atoms with E-state index in [4.69, 9.17) is 10.5 Å². The van der Waals surface area contributed by atoms with E-state index in [1.165, 1.54) is 18.7 Å². The quantitative estimate of drug-likeness (QED) is 0.317. The van der Waals surface area contributed by atoms with Crippen LogP contribution in [-0.4, -0.2) is 66.5 Å². The number of imidazole rings is 1. The Balaban J connectivity index is 0.00000113. The Kier molecular flexibility index (Phi) is 10.8. The first kappa shape index (κ1) is 26.2. The molecule has 1 fully saturated rings. The summed E-state index contributed by atoms with van der Waals surface area (Å²) < 4.78 is 6.52. The van der Waals surface area contributed by atoms with E-state index in [0.29, 0.717) is 5.69 Å². The van der Waals surface area contributed by atoms with Crippen LogP contribution in [-0.2, 0) is 16.0 Å². The van der Waals surface area contributed by atoms with Crippen molar-refractivity contribution in [3.8, 4) is 0 Å². The highest BCUT2D eigenvalue weighted by molar-refractivity contribution is 5.82. The fourth-order valence-corrected chi connectivity index (χ4v) is 2.92. The molecule has 0 radical (unpaired) electrons. The molecule has 0 bridgehead atoms. The van der Waals surface area contributed by atoms with Gasteiger partial charge in [-0.2, -0.15) is 0 Å². The molecule has 3 rings (SSSR count). The van der Waals surface area contributed by atoms with Gasteiger partial charge in [0.25, 0.3) is 5.56 Å². The Morgan fingerprint density at radius 2 is 2.03 bits per heavy atom. The number of ether oxygens (including phenoxy) is 1. The van der Waals surface area contributed by atoms with E-state index >= 15 is 0 Å². The minimum Gasteiger partial charge on any atom is -0.394 e. The second kappa shape index (κ2) is 12.8. The van der Waals surface area contributed by atoms with Crippen molar-refractivity contribution >= 4 is 5.91 Å². The van der Waals surface area contributed by atoms with Gasteiger partial charge < -0.3 is 31.0 Å². The molecular weight excluding hydrogens is 408 g/mol. The minimum atomic E-state index is -1.29. The molecule has 0 aromatic carbocycles. The lowest BCUT2D eigenvalue weighted by Crippen LogP contribution is -2.53. The lowest BCUT2D eigenvalue weighted by molar-refractivity contribution is -0.124. The highest BCUT2D eigenvalue weighted by atomic mass is 16.5. The Bertz CT molecular complexity index is 896. The van der Waals surface area contributed by atoms with Crippen molar-refractivity contribution in [2.45, 2.75) is 64.6 Å². The Morgan fingerprint density at radius 3 is 2.58 bits per heavy atom. The van der Waals surface area contributed by atoms with Gasteiger partial charge in [0.05, 0.1) is 19.0 Å². The largest absolute Gasteiger partial charge is 0.394 e. The number of aromatic amines is 2. The zero-order valence-electron chi connectivity index (χ0n) is 18.1. The molecular formula is C19H32N6O6. The SMILES string of the molecule is CC.CC.NC(Cc1cnc[nH]1)C(=O)NC1C(O)C(CO)OC1n1ccc(=O)[nH]c1=O. The van der Waals surface area contributed by atoms with Gasteiger partial charge in [0.2, 0.25) is 5.91 Å². The number of nitrogens with two attached hydrogens (primary N) is 1. The Labute approximate surface area is 179 Å². The van der Waals surface area contributed by atoms with Crippen molar-refractivity contribution in [1.82, 2.24) is 24.8 Å². The molecule has 5 unspecified atom stereocenters. The molecule has 31 heavy (non-hydrogen) atoms. The molecule has 3 heterocycles. The van der Waals surface area contributed by atoms with E-state index in [1.54, 1.807) is 0 Å². The van der Waals surface area contributed by atoms with Gasteiger partial charge in [0, 0.05) is 30.6 Å². The van der Waals surface area contributed by atoms with Crippen LogP contribution in [0.15, 0.2) is 34.4 Å². The first-order valence-corrected chi connectivity index (χ1v) is 10.2. The van der Waals surface area contributed by atoms with Gasteiger partial charge in [-0.05, 0) is 0 Å². The smallest absolute Gasteiger partial charge is 0.330 e. The van der Waals surface area contributed by atoms with Crippen LogP contribution in [0.25, 0.3) is 0 Å². The van der Waals surface area contributed by atoms with Gasteiger partial charge in [-0.25, -0.2) is 9.78 Å². The number of hydrogen-bond acceptors (Lipinski definition) is 8. The van der Waals surface area contributed by atoms with Crippen LogP contribution >= 0.6 is 0 Å². The highest BCUT2D eigenvalue weighted by Gasteiger charge is 2.45. The average molecular weight is 441 g/mol. The summed E-state index contributed by atoms with van der Waals surface area (Å²) in [5.74, 6) is -0.585. The van der Waals surface area contributed by atoms with Gasteiger partial charge in [-0.1, -0.05) is 27.7 Å². The number of aliphatic hydroxyl groups excluding tert-OH is 2. The van der Waals surface area contributed by atoms with Gasteiger partial charge in [-0.3, -0.25) is 19.1 Å². The first-order chi connectivity index (χ1) is 14.9. The molecule has 174 valence electrons. The van der Waals surface area contributed by atoms with Crippen molar-refractivity contribution in [2.75, 3.05) is 6.61 Å². The number of hydrogen-bond donors (Lipinski definition) is 6. The molecule has 0 saturated carbocycles. The predicted octanol–water partition coefficient (Wildman–Crippen LogP) is -1.38. The number of H-pyrrole nitrogens is 2. The summed E-state index contributed by atoms with van der Waals surface area (Å²) in [5.41, 5.74) is 5.16. The van der Waals surface area contributed by atoms with Gasteiger partial charge in [0.15, 0.2) is 6.23 Å². The lowest BCUT2D eigenvalue weighted by atomic mass is 10.1. The fourth-order valence-electron chi connectivity index (χ4n) is 2.92. The summed E-state index contributed by atoms with van der Waals surface area (Å²) in [6, 6.07) is -0.906. The number of carbonyl (C=O) groups is 1. The van der Waals surface area contributed by atoms with Crippen molar-refractivity contribution < 1.29 is 19.7 Å². The molecule has 12 heteroatoms. The zero-order valence-corrected chi connectivity index (χ0v) is 18.1. The van der Waals surface area contributed by atoms with Crippen LogP contribution in [0.5, 0.6) is 0 Å². The van der Waals surface area contributed by atoms with Gasteiger partial charge in [-0.15, -0.1) is 0 Å². The maximum atomic E-state index is 12.4. The molecule has 0 spiro atoms. The molecule has 1 aliphatic rings. The summed E-state index contributed by atoms with van der Waals surface area (Å²) in [5, 5.41) is 22.3. The maximum absolute atomic E-state index is 12.4. The van der Waals surface area contributed by atoms with Crippen LogP contribution < -0.4 is 22.3 Å². The molecule has 5 atom stereocenters. The number of aromatic nitrogens is 4. The second-order valence-corrected chi connectivity index (χ2v) is 6.18. The third-order valence-corrected chi connectivity index (χ3v) is 4.32. The Hall–Kier alpha value is -2.80. The number of rotatable bonds is 6. The number of nitrogens with zero attached hydrogens (tertiary/aromatic N) is 2. The van der Waals surface area contributed by atoms with E-state index in [1.807, 2.05) is 27.7 Å². The average Bonchev–Trinajstić information content (AvgIpc) is 3.39. The van der Waals surface area contributed by atoms with Crippen LogP contribution in [0.1, 0.15) is 39.6 Å². The van der Waals surface area contributed by atoms with Gasteiger partial charge >= 0.3 is 5.69 Å². The van der Waals surface area contributed by atoms with E-state index in [2.05, 4.69) is 20.3 Å². The zero-order chi connectivity index (χ0) is 23.6. The maximum Gasteiger partial charge on any atom is 0.330 e. The third-order valence-electron chi connectivity index (χ3n) is 4.32. The first-order valence-electron chi connectivity index (χ1n) is 10.2. The summed E-state index contributed by atoms with van der Waals surface area (Å²) in [6.45, 7) is 7.47. The van der Waals surface area contributed by atoms with E-state index in [9.17, 15) is 24.6 Å². The molecule has 2 aromatic heterocycles. The van der Waals surface area contributed by atoms with Crippen LogP contribution in [0.4, 0.5) is 0 Å². The molecule has 12 nitrogen and oxygen atoms in total. The standard InChI is InChI=1S/C15H20N6O6.2C2H6/c16-8(3-7-4-17-6-18-7)13(25)20-11-12(24)9(5-22)27-14(11)21-2-1-10(23)19-15(21)26;2*1-2/h1-2,4,6,8-9,11-12,14,22,24H,3,5,16H2,(H,17,18)(H,20,25)(H,19,23,26);2*1-2H3. The lowest BCUT2D eigenvalue weighted by Gasteiger charge is -2.24. The summed E-state index contributed by atoms with van der Waals surface area (Å²) >= 11 is 0. The second-order valence-electron chi connectivity index (χ2n) is 6.18. The number of carbonyl (C=O) groups excluding carboxylic acids is 1. The summed E-state index contributed by atoms with van der Waals surface area (Å²) in [6.07, 6.45) is 0.906. The van der Waals surface area contributed by atoms with Crippen molar-refractivity contribution in [2.24, 2.45) is 5.73 Å². The van der Waals surface area contributed by atoms with Gasteiger partial charge in [0.1, 0.15) is 18.2 Å². The topological polar surface area (TPSA) is 188 Å². The van der Waals surface area contributed by atoms with Crippen molar-refractivity contribution in [3.63, 3.8) is 0 Å². The van der Waals surface area contributed by atoms with E-state index in [0.717, 1.165) is 10.6 Å². The van der Waals surface area contributed by atoms with Crippen molar-refractivity contribution in [1.29, 1.82) is 0 Å². The third kappa shape index (κ3) is 6.59. The summed E-state index contributed by atoms with van der Waals surface area (Å²) in [4.78, 5) is 44.5. The molecule has 7 N–H and O–H groups in total. The number of aliphatic hydroxyl groups is 2. The van der Waals surface area contributed by atoms with E-state index in [-0.39, 0.29) is 6.42 Å². The number of nitrogens with one attached hydrogen (secondary N) is 3. The summed E-state index contributed by atoms with van der Waals surface area (Å²) in [7, 11) is 0. The minimum absolute atomic E-state index is 0.183. The monoisotopic (exact) mass is 440 g/mol. The molecule has 2 aromatic rings. The molecule has 1 amide bonds. The molecule has 0 aliphatic carbocycles. The molecule has 1 aliphatic heterocycles. The van der Waals surface area contributed by atoms with Crippen LogP contribution in [0.3, 0.4) is 0 Å². The fraction of sp³-hybridized carbons (Fsp3) is 0.579. The van der Waals surface area contributed by atoms with Crippen molar-refractivity contribution in [3.05, 3.63) is 51.3 Å². The number of amides is 1. The predicted molar refractivity (Wildman–Crippen MR) is 113 cm³/mol. The Morgan fingerprint density at radius 1 is 1.35 bits per heavy atom.